The van der Waals surface area contributed by atoms with Gasteiger partial charge in [-0.3, -0.25) is 0 Å². The van der Waals surface area contributed by atoms with Crippen molar-refractivity contribution in [3.05, 3.63) is 0 Å². The van der Waals surface area contributed by atoms with Gasteiger partial charge in [-0.25, -0.2) is 0 Å². The quantitative estimate of drug-likeness (QED) is 0.134. The Morgan fingerprint density at radius 3 is 1.95 bits per heavy atom. The maximum Gasteiger partial charge on any atom is 0.187 e. The number of hydrogen-bond acceptors (Lipinski definition) is 18. The van der Waals surface area contributed by atoms with Crippen molar-refractivity contribution in [1.82, 2.24) is 0 Å². The fraction of sp³-hybridized carbons (Fsp3) is 1.00. The van der Waals surface area contributed by atoms with Gasteiger partial charge in [0, 0.05) is 12.3 Å². The summed E-state index contributed by atoms with van der Waals surface area (Å²) in [4.78, 5) is 0. The molecular weight excluding hydrogens is 828 g/mol. The van der Waals surface area contributed by atoms with Crippen LogP contribution in [-0.2, 0) is 37.9 Å². The minimum atomic E-state index is -1.86. The van der Waals surface area contributed by atoms with Crippen LogP contribution in [0.4, 0.5) is 0 Å². The van der Waals surface area contributed by atoms with Gasteiger partial charge in [-0.05, 0) is 105 Å². The molecule has 0 amide bonds. The lowest BCUT2D eigenvalue weighted by Gasteiger charge is -2.62. The van der Waals surface area contributed by atoms with Crippen molar-refractivity contribution < 1.29 is 89.0 Å². The average molecular weight is 903 g/mol. The predicted octanol–water partition coefficient (Wildman–Crippen LogP) is -0.735. The van der Waals surface area contributed by atoms with Gasteiger partial charge in [-0.15, -0.1) is 0 Å². The summed E-state index contributed by atoms with van der Waals surface area (Å²) in [6.45, 7) is 10.2. The van der Waals surface area contributed by atoms with Crippen LogP contribution in [0.3, 0.4) is 0 Å². The lowest BCUT2D eigenvalue weighted by atomic mass is 9.44. The standard InChI is InChI=1S/C45H74O18/c1-18-8-11-45(56-17-18)19(2)30-27(63-45)13-24-22-7-6-21-12-26(25(48)14-44(21,5)23(22)9-10-43(24,30)4)58-42-39(62-41-36(54)34(52)32(50)28(15-46)59-41)37(55)38(29(16-47)60-42)61-40-35(53)33(51)31(49)20(3)57-40/h18-42,46-55H,6-17H2,1-5H3/t18-,19+,20+,21+,22-,23+,24-,25-,26-,27+,28-,29-,30+,31+,32-,33-,34+,35-,36-,37+,38-,39-,40+,41+,42-,43+,44+,45-/m1/s1. The van der Waals surface area contributed by atoms with Gasteiger partial charge >= 0.3 is 0 Å². The van der Waals surface area contributed by atoms with E-state index in [0.29, 0.717) is 48.3 Å². The summed E-state index contributed by atoms with van der Waals surface area (Å²) >= 11 is 0. The van der Waals surface area contributed by atoms with E-state index in [0.717, 1.165) is 51.6 Å². The lowest BCUT2D eigenvalue weighted by Crippen LogP contribution is -2.67. The number of fused-ring (bicyclic) bond motifs is 7. The number of hydrogen-bond donors (Lipinski definition) is 10. The highest BCUT2D eigenvalue weighted by molar-refractivity contribution is 5.16. The van der Waals surface area contributed by atoms with E-state index in [4.69, 9.17) is 37.9 Å². The predicted molar refractivity (Wildman–Crippen MR) is 216 cm³/mol. The first-order valence-corrected chi connectivity index (χ1v) is 23.8. The van der Waals surface area contributed by atoms with Crippen LogP contribution in [0.1, 0.15) is 92.4 Å². The molecule has 0 bridgehead atoms. The molecule has 9 fully saturated rings. The summed E-state index contributed by atoms with van der Waals surface area (Å²) in [6.07, 6.45) is -17.1. The molecule has 18 heteroatoms. The van der Waals surface area contributed by atoms with E-state index in [1.54, 1.807) is 0 Å². The molecule has 9 aliphatic rings. The smallest absolute Gasteiger partial charge is 0.187 e. The largest absolute Gasteiger partial charge is 0.394 e. The highest BCUT2D eigenvalue weighted by atomic mass is 16.8. The van der Waals surface area contributed by atoms with E-state index in [1.165, 1.54) is 6.92 Å². The fourth-order valence-corrected chi connectivity index (χ4v) is 14.7. The van der Waals surface area contributed by atoms with Crippen LogP contribution in [0, 0.1) is 52.3 Å². The summed E-state index contributed by atoms with van der Waals surface area (Å²) in [5.41, 5.74) is -0.0386. The van der Waals surface area contributed by atoms with Crippen molar-refractivity contribution in [2.24, 2.45) is 52.3 Å². The number of rotatable bonds is 8. The van der Waals surface area contributed by atoms with Gasteiger partial charge < -0.3 is 89.0 Å². The summed E-state index contributed by atoms with van der Waals surface area (Å²) in [5.74, 6) is 2.42. The Morgan fingerprint density at radius 2 is 1.27 bits per heavy atom. The summed E-state index contributed by atoms with van der Waals surface area (Å²) in [5, 5.41) is 108. The van der Waals surface area contributed by atoms with Gasteiger partial charge in [0.2, 0.25) is 0 Å². The van der Waals surface area contributed by atoms with E-state index in [-0.39, 0.29) is 22.9 Å². The molecule has 63 heavy (non-hydrogen) atoms. The van der Waals surface area contributed by atoms with Gasteiger partial charge in [0.15, 0.2) is 24.7 Å². The molecule has 5 saturated heterocycles. The molecule has 10 N–H and O–H groups in total. The molecule has 9 rings (SSSR count). The SMILES string of the molecule is C[C@@H]1CC[C@@]2(OC1)O[C@H]1C[C@@H]3[C@@H]4CC[C@H]5C[C@@H](O[C@@H]6O[C@H](CO)[C@@H](O[C@@H]7O[C@@H](C)[C@H](O)[C@@H](O)[C@H]7O)[C@H](O)[C@H]6O[C@@H]6O[C@H](CO)[C@@H](O)[C@H](O)[C@H]6O)[C@H](O)C[C@]5(C)[C@H]4CC[C@]3(C)[C@H]1[C@@H]2C. The van der Waals surface area contributed by atoms with Gasteiger partial charge in [-0.2, -0.15) is 0 Å². The normalized spacial score (nSPS) is 59.4. The number of aliphatic hydroxyl groups is 10. The zero-order valence-corrected chi connectivity index (χ0v) is 37.2. The van der Waals surface area contributed by atoms with Crippen LogP contribution >= 0.6 is 0 Å². The van der Waals surface area contributed by atoms with Crippen molar-refractivity contribution >= 4 is 0 Å². The Morgan fingerprint density at radius 1 is 0.603 bits per heavy atom. The Bertz CT molecular complexity index is 1580. The molecule has 0 aromatic carbocycles. The van der Waals surface area contributed by atoms with E-state index in [2.05, 4.69) is 27.7 Å². The Hall–Kier alpha value is -0.720. The van der Waals surface area contributed by atoms with Gasteiger partial charge in [0.1, 0.15) is 67.1 Å². The van der Waals surface area contributed by atoms with Crippen molar-refractivity contribution in [2.45, 2.75) is 209 Å². The molecule has 4 saturated carbocycles. The number of aliphatic hydroxyl groups excluding tert-OH is 10. The third-order valence-corrected chi connectivity index (χ3v) is 18.3. The second-order valence-electron chi connectivity index (χ2n) is 21.7. The van der Waals surface area contributed by atoms with Crippen LogP contribution in [0.15, 0.2) is 0 Å². The summed E-state index contributed by atoms with van der Waals surface area (Å²) in [7, 11) is 0. The first-order chi connectivity index (χ1) is 29.8. The Balaban J connectivity index is 0.919. The first kappa shape index (κ1) is 47.4. The third kappa shape index (κ3) is 7.79. The highest BCUT2D eigenvalue weighted by Gasteiger charge is 2.69. The van der Waals surface area contributed by atoms with Gasteiger partial charge in [0.25, 0.3) is 0 Å². The van der Waals surface area contributed by atoms with Crippen LogP contribution in [0.2, 0.25) is 0 Å². The summed E-state index contributed by atoms with van der Waals surface area (Å²) < 4.78 is 49.7. The zero-order chi connectivity index (χ0) is 45.1. The van der Waals surface area contributed by atoms with Gasteiger partial charge in [0.05, 0.1) is 44.2 Å². The maximum atomic E-state index is 12.1. The fourth-order valence-electron chi connectivity index (χ4n) is 14.7. The molecular formula is C45H74O18. The molecule has 0 aromatic heterocycles. The van der Waals surface area contributed by atoms with E-state index >= 15 is 0 Å². The molecule has 1 spiro atoms. The van der Waals surface area contributed by atoms with Crippen LogP contribution in [0.25, 0.3) is 0 Å². The van der Waals surface area contributed by atoms with Crippen LogP contribution in [0.5, 0.6) is 0 Å². The average Bonchev–Trinajstić information content (AvgIpc) is 3.70. The second kappa shape index (κ2) is 17.7. The Kier molecular flexibility index (Phi) is 13.3. The molecule has 18 nitrogen and oxygen atoms in total. The molecule has 0 radical (unpaired) electrons. The lowest BCUT2D eigenvalue weighted by molar-refractivity contribution is -0.393. The maximum absolute atomic E-state index is 12.1. The molecule has 5 heterocycles. The van der Waals surface area contributed by atoms with Crippen LogP contribution in [-0.4, -0.2) is 187 Å². The van der Waals surface area contributed by atoms with Crippen molar-refractivity contribution in [1.29, 1.82) is 0 Å². The van der Waals surface area contributed by atoms with Gasteiger partial charge in [-0.1, -0.05) is 27.7 Å². The molecule has 5 aliphatic heterocycles. The second-order valence-corrected chi connectivity index (χ2v) is 21.7. The first-order valence-electron chi connectivity index (χ1n) is 23.8. The van der Waals surface area contributed by atoms with Crippen LogP contribution < -0.4 is 0 Å². The van der Waals surface area contributed by atoms with E-state index in [9.17, 15) is 51.1 Å². The number of ether oxygens (including phenoxy) is 8. The molecule has 4 aliphatic carbocycles. The Labute approximate surface area is 369 Å². The van der Waals surface area contributed by atoms with E-state index in [1.807, 2.05) is 0 Å². The minimum absolute atomic E-state index is 0.143. The third-order valence-electron chi connectivity index (χ3n) is 18.3. The highest BCUT2D eigenvalue weighted by Crippen LogP contribution is 2.71. The molecule has 362 valence electrons. The van der Waals surface area contributed by atoms with Crippen molar-refractivity contribution in [3.63, 3.8) is 0 Å². The van der Waals surface area contributed by atoms with E-state index < -0.39 is 123 Å². The molecule has 28 atom stereocenters. The monoisotopic (exact) mass is 902 g/mol. The summed E-state index contributed by atoms with van der Waals surface area (Å²) in [6, 6.07) is 0. The molecule has 0 aromatic rings. The molecule has 0 unspecified atom stereocenters. The van der Waals surface area contributed by atoms with Crippen molar-refractivity contribution in [2.75, 3.05) is 19.8 Å². The topological polar surface area (TPSA) is 276 Å². The minimum Gasteiger partial charge on any atom is -0.394 e. The van der Waals surface area contributed by atoms with Crippen molar-refractivity contribution in [3.8, 4) is 0 Å². The zero-order valence-electron chi connectivity index (χ0n) is 37.2.